The third-order valence-corrected chi connectivity index (χ3v) is 5.63. The molecule has 4 rings (SSSR count). The minimum atomic E-state index is -0.527. The number of aromatic nitrogens is 1. The van der Waals surface area contributed by atoms with Crippen molar-refractivity contribution in [2.45, 2.75) is 6.54 Å². The van der Waals surface area contributed by atoms with Crippen LogP contribution in [0, 0.1) is 11.3 Å². The summed E-state index contributed by atoms with van der Waals surface area (Å²) in [6, 6.07) is 17.4. The standard InChI is InChI=1S/C24H20N4O3S/c1-31-11-10-28-23(30)20(22(29)26-24(28)32)12-18-15-27(21-9-5-4-8-19(18)21)14-17-7-3-2-6-16(17)13-25/h2-9,12,15H,10-11,14H2,1H3,(H,26,29,32)/b20-12+. The van der Waals surface area contributed by atoms with Crippen molar-refractivity contribution in [3.8, 4) is 6.07 Å². The van der Waals surface area contributed by atoms with E-state index in [9.17, 15) is 14.9 Å². The van der Waals surface area contributed by atoms with Crippen LogP contribution in [-0.2, 0) is 20.9 Å². The Labute approximate surface area is 190 Å². The van der Waals surface area contributed by atoms with Crippen molar-refractivity contribution < 1.29 is 14.3 Å². The van der Waals surface area contributed by atoms with Crippen LogP contribution in [-0.4, -0.2) is 46.7 Å². The van der Waals surface area contributed by atoms with E-state index >= 15 is 0 Å². The van der Waals surface area contributed by atoms with Gasteiger partial charge in [0.2, 0.25) is 0 Å². The molecule has 160 valence electrons. The summed E-state index contributed by atoms with van der Waals surface area (Å²) in [4.78, 5) is 26.9. The highest BCUT2D eigenvalue weighted by Crippen LogP contribution is 2.26. The van der Waals surface area contributed by atoms with Crippen molar-refractivity contribution >= 4 is 46.1 Å². The summed E-state index contributed by atoms with van der Waals surface area (Å²) in [5, 5.41) is 13.0. The predicted octanol–water partition coefficient (Wildman–Crippen LogP) is 2.83. The van der Waals surface area contributed by atoms with Gasteiger partial charge in [0.05, 0.1) is 24.8 Å². The van der Waals surface area contributed by atoms with E-state index in [0.717, 1.165) is 22.0 Å². The van der Waals surface area contributed by atoms with E-state index in [0.29, 0.717) is 18.7 Å². The van der Waals surface area contributed by atoms with Crippen LogP contribution in [0.1, 0.15) is 16.7 Å². The molecule has 0 atom stereocenters. The molecule has 0 radical (unpaired) electrons. The van der Waals surface area contributed by atoms with Gasteiger partial charge in [0.15, 0.2) is 5.11 Å². The number of nitriles is 1. The van der Waals surface area contributed by atoms with Gasteiger partial charge < -0.3 is 9.30 Å². The summed E-state index contributed by atoms with van der Waals surface area (Å²) in [5.41, 5.74) is 3.16. The average Bonchev–Trinajstić information content (AvgIpc) is 3.14. The van der Waals surface area contributed by atoms with Gasteiger partial charge in [0.25, 0.3) is 11.8 Å². The van der Waals surface area contributed by atoms with Crippen molar-refractivity contribution in [2.75, 3.05) is 20.3 Å². The van der Waals surface area contributed by atoms with Crippen LogP contribution in [0.2, 0.25) is 0 Å². The second-order valence-corrected chi connectivity index (χ2v) is 7.65. The maximum atomic E-state index is 13.0. The van der Waals surface area contributed by atoms with E-state index in [1.165, 1.54) is 12.0 Å². The first-order chi connectivity index (χ1) is 15.5. The average molecular weight is 445 g/mol. The van der Waals surface area contributed by atoms with Crippen molar-refractivity contribution in [1.29, 1.82) is 5.26 Å². The summed E-state index contributed by atoms with van der Waals surface area (Å²) in [5.74, 6) is -0.984. The molecule has 2 aromatic carbocycles. The fraction of sp³-hybridized carbons (Fsp3) is 0.167. The topological polar surface area (TPSA) is 87.4 Å². The molecular formula is C24H20N4O3S. The molecular weight excluding hydrogens is 424 g/mol. The number of benzene rings is 2. The lowest BCUT2D eigenvalue weighted by Gasteiger charge is -2.28. The molecule has 1 aliphatic heterocycles. The van der Waals surface area contributed by atoms with Gasteiger partial charge in [-0.05, 0) is 36.0 Å². The quantitative estimate of drug-likeness (QED) is 0.359. The predicted molar refractivity (Wildman–Crippen MR) is 125 cm³/mol. The molecule has 0 saturated carbocycles. The maximum Gasteiger partial charge on any atom is 0.265 e. The zero-order chi connectivity index (χ0) is 22.7. The van der Waals surface area contributed by atoms with Crippen molar-refractivity contribution in [3.63, 3.8) is 0 Å². The largest absolute Gasteiger partial charge is 0.383 e. The molecule has 0 aliphatic carbocycles. The van der Waals surface area contributed by atoms with Crippen LogP contribution < -0.4 is 5.32 Å². The zero-order valence-corrected chi connectivity index (χ0v) is 18.2. The summed E-state index contributed by atoms with van der Waals surface area (Å²) in [7, 11) is 1.53. The summed E-state index contributed by atoms with van der Waals surface area (Å²) in [6.07, 6.45) is 3.48. The number of hydrogen-bond donors (Lipinski definition) is 1. The van der Waals surface area contributed by atoms with Crippen molar-refractivity contribution in [1.82, 2.24) is 14.8 Å². The Morgan fingerprint density at radius 1 is 1.16 bits per heavy atom. The monoisotopic (exact) mass is 444 g/mol. The van der Waals surface area contributed by atoms with E-state index in [1.54, 1.807) is 12.1 Å². The Morgan fingerprint density at radius 3 is 2.69 bits per heavy atom. The summed E-state index contributed by atoms with van der Waals surface area (Å²) >= 11 is 5.15. The van der Waals surface area contributed by atoms with Gasteiger partial charge in [-0.15, -0.1) is 0 Å². The smallest absolute Gasteiger partial charge is 0.265 e. The van der Waals surface area contributed by atoms with Crippen molar-refractivity contribution in [2.24, 2.45) is 0 Å². The number of methoxy groups -OCH3 is 1. The van der Waals surface area contributed by atoms with Gasteiger partial charge in [0, 0.05) is 36.3 Å². The Hall–Kier alpha value is -3.80. The van der Waals surface area contributed by atoms with E-state index < -0.39 is 11.8 Å². The fourth-order valence-electron chi connectivity index (χ4n) is 3.71. The van der Waals surface area contributed by atoms with Crippen LogP contribution in [0.15, 0.2) is 60.3 Å². The lowest BCUT2D eigenvalue weighted by molar-refractivity contribution is -0.129. The first kappa shape index (κ1) is 21.4. The molecule has 1 N–H and O–H groups in total. The summed E-state index contributed by atoms with van der Waals surface area (Å²) < 4.78 is 7.06. The maximum absolute atomic E-state index is 13.0. The minimum Gasteiger partial charge on any atom is -0.383 e. The number of nitrogens with zero attached hydrogens (tertiary/aromatic N) is 3. The van der Waals surface area contributed by atoms with E-state index in [4.69, 9.17) is 17.0 Å². The molecule has 0 bridgehead atoms. The van der Waals surface area contributed by atoms with Gasteiger partial charge in [-0.25, -0.2) is 0 Å². The van der Waals surface area contributed by atoms with E-state index in [1.807, 2.05) is 53.2 Å². The number of amides is 2. The third-order valence-electron chi connectivity index (χ3n) is 5.30. The number of para-hydroxylation sites is 1. The molecule has 7 nitrogen and oxygen atoms in total. The molecule has 2 amide bonds. The lowest BCUT2D eigenvalue weighted by Crippen LogP contribution is -2.54. The fourth-order valence-corrected chi connectivity index (χ4v) is 3.97. The van der Waals surface area contributed by atoms with Crippen molar-refractivity contribution in [3.05, 3.63) is 77.0 Å². The number of carbonyl (C=O) groups excluding carboxylic acids is 2. The Balaban J connectivity index is 1.76. The molecule has 1 fully saturated rings. The van der Waals surface area contributed by atoms with E-state index in [2.05, 4.69) is 11.4 Å². The van der Waals surface area contributed by atoms with Gasteiger partial charge in [-0.3, -0.25) is 19.8 Å². The molecule has 1 saturated heterocycles. The Morgan fingerprint density at radius 2 is 1.91 bits per heavy atom. The highest BCUT2D eigenvalue weighted by Gasteiger charge is 2.33. The molecule has 32 heavy (non-hydrogen) atoms. The molecule has 3 aromatic rings. The number of thiocarbonyl (C=S) groups is 1. The SMILES string of the molecule is COCCN1C(=O)/C(=C/c2cn(Cc3ccccc3C#N)c3ccccc23)C(=O)NC1=S. The first-order valence-electron chi connectivity index (χ1n) is 9.97. The Kier molecular flexibility index (Phi) is 6.12. The van der Waals surface area contributed by atoms with Crippen LogP contribution in [0.3, 0.4) is 0 Å². The number of fused-ring (bicyclic) bond motifs is 1. The number of carbonyl (C=O) groups is 2. The highest BCUT2D eigenvalue weighted by atomic mass is 32.1. The zero-order valence-electron chi connectivity index (χ0n) is 17.4. The number of rotatable bonds is 6. The van der Waals surface area contributed by atoms with Crippen LogP contribution in [0.5, 0.6) is 0 Å². The van der Waals surface area contributed by atoms with Gasteiger partial charge >= 0.3 is 0 Å². The van der Waals surface area contributed by atoms with Gasteiger partial charge in [-0.1, -0.05) is 36.4 Å². The second kappa shape index (κ2) is 9.14. The summed E-state index contributed by atoms with van der Waals surface area (Å²) in [6.45, 7) is 1.03. The lowest BCUT2D eigenvalue weighted by atomic mass is 10.1. The molecule has 8 heteroatoms. The molecule has 0 spiro atoms. The molecule has 0 unspecified atom stereocenters. The molecule has 2 heterocycles. The van der Waals surface area contributed by atoms with E-state index in [-0.39, 0.29) is 17.2 Å². The number of nitrogens with one attached hydrogen (secondary N) is 1. The van der Waals surface area contributed by atoms with Crippen LogP contribution in [0.4, 0.5) is 0 Å². The highest BCUT2D eigenvalue weighted by molar-refractivity contribution is 7.80. The Bertz CT molecular complexity index is 1300. The number of hydrogen-bond acceptors (Lipinski definition) is 5. The van der Waals surface area contributed by atoms with Crippen LogP contribution >= 0.6 is 12.2 Å². The second-order valence-electron chi connectivity index (χ2n) is 7.27. The van der Waals surface area contributed by atoms with Gasteiger partial charge in [0.1, 0.15) is 5.57 Å². The normalized spacial score (nSPS) is 15.3. The molecule has 1 aliphatic rings. The van der Waals surface area contributed by atoms with Gasteiger partial charge in [-0.2, -0.15) is 5.26 Å². The van der Waals surface area contributed by atoms with Crippen LogP contribution in [0.25, 0.3) is 17.0 Å². The third kappa shape index (κ3) is 4.04. The minimum absolute atomic E-state index is 0.00929. The number of ether oxygens (including phenoxy) is 1. The first-order valence-corrected chi connectivity index (χ1v) is 10.4. The molecule has 1 aromatic heterocycles.